The Morgan fingerprint density at radius 3 is 2.31 bits per heavy atom. The molecule has 1 aliphatic carbocycles. The lowest BCUT2D eigenvalue weighted by Crippen LogP contribution is -2.47. The Bertz CT molecular complexity index is 810. The molecule has 0 amide bonds. The van der Waals surface area contributed by atoms with Gasteiger partial charge in [0.25, 0.3) is 0 Å². The lowest BCUT2D eigenvalue weighted by molar-refractivity contribution is 0.0800. The van der Waals surface area contributed by atoms with E-state index in [1.165, 1.54) is 76.0 Å². The first-order chi connectivity index (χ1) is 14.2. The fraction of sp³-hybridized carbons (Fsp3) is 0.667. The second-order valence-electron chi connectivity index (χ2n) is 9.71. The molecule has 1 aromatic heterocycles. The van der Waals surface area contributed by atoms with E-state index in [0.29, 0.717) is 12.0 Å². The van der Waals surface area contributed by atoms with Gasteiger partial charge in [-0.25, -0.2) is 9.67 Å². The van der Waals surface area contributed by atoms with E-state index in [-0.39, 0.29) is 0 Å². The van der Waals surface area contributed by atoms with Gasteiger partial charge in [0, 0.05) is 24.6 Å². The number of rotatable bonds is 5. The largest absolute Gasteiger partial charge is 0.305 e. The van der Waals surface area contributed by atoms with Gasteiger partial charge in [-0.15, -0.1) is 0 Å². The number of hydrogen-bond donors (Lipinski definition) is 0. The van der Waals surface area contributed by atoms with Gasteiger partial charge in [-0.1, -0.05) is 43.5 Å². The molecule has 3 aliphatic heterocycles. The minimum Gasteiger partial charge on any atom is -0.305 e. The van der Waals surface area contributed by atoms with Crippen molar-refractivity contribution >= 4 is 0 Å². The molecule has 29 heavy (non-hydrogen) atoms. The molecule has 6 rings (SSSR count). The highest BCUT2D eigenvalue weighted by molar-refractivity contribution is 5.55. The van der Waals surface area contributed by atoms with Gasteiger partial charge in [0.1, 0.15) is 5.82 Å². The van der Waals surface area contributed by atoms with Crippen LogP contribution >= 0.6 is 0 Å². The second kappa shape index (κ2) is 8.19. The van der Waals surface area contributed by atoms with Gasteiger partial charge < -0.3 is 9.80 Å². The predicted molar refractivity (Wildman–Crippen MR) is 117 cm³/mol. The van der Waals surface area contributed by atoms with Crippen molar-refractivity contribution < 1.29 is 0 Å². The van der Waals surface area contributed by atoms with Gasteiger partial charge in [0.15, 0.2) is 5.82 Å². The van der Waals surface area contributed by atoms with Gasteiger partial charge >= 0.3 is 0 Å². The molecule has 2 bridgehead atoms. The van der Waals surface area contributed by atoms with Crippen molar-refractivity contribution in [2.45, 2.75) is 63.5 Å². The van der Waals surface area contributed by atoms with Crippen LogP contribution in [0.3, 0.4) is 0 Å². The summed E-state index contributed by atoms with van der Waals surface area (Å²) in [4.78, 5) is 10.0. The number of hydrogen-bond acceptors (Lipinski definition) is 4. The predicted octanol–water partition coefficient (Wildman–Crippen LogP) is 4.32. The fourth-order valence-corrected chi connectivity index (χ4v) is 5.69. The van der Waals surface area contributed by atoms with Crippen LogP contribution in [0.25, 0.3) is 11.4 Å². The van der Waals surface area contributed by atoms with Crippen LogP contribution in [-0.2, 0) is 6.54 Å². The summed E-state index contributed by atoms with van der Waals surface area (Å²) < 4.78 is 2.37. The normalized spacial score (nSPS) is 27.6. The lowest BCUT2D eigenvalue weighted by Gasteiger charge is -2.44. The molecule has 4 heterocycles. The molecule has 1 aromatic carbocycles. The molecule has 0 radical (unpaired) electrons. The van der Waals surface area contributed by atoms with E-state index >= 15 is 0 Å². The van der Waals surface area contributed by atoms with Gasteiger partial charge in [0.2, 0.25) is 0 Å². The van der Waals surface area contributed by atoms with E-state index in [2.05, 4.69) is 52.8 Å². The molecule has 1 saturated carbocycles. The Morgan fingerprint density at radius 1 is 0.966 bits per heavy atom. The van der Waals surface area contributed by atoms with Gasteiger partial charge in [-0.3, -0.25) is 0 Å². The van der Waals surface area contributed by atoms with E-state index < -0.39 is 0 Å². The number of nitrogens with zero attached hydrogens (tertiary/aromatic N) is 5. The zero-order chi connectivity index (χ0) is 19.8. The highest BCUT2D eigenvalue weighted by Crippen LogP contribution is 2.41. The van der Waals surface area contributed by atoms with E-state index in [4.69, 9.17) is 10.1 Å². The quantitative estimate of drug-likeness (QED) is 0.758. The van der Waals surface area contributed by atoms with Gasteiger partial charge in [-0.2, -0.15) is 5.10 Å². The molecular weight excluding hydrogens is 358 g/mol. The standard InChI is InChI=1S/C24H35N5/c1-27(2)16-18-8-10-20(11-9-18)23-25-24(22-17-28-14-12-19(22)13-15-28)29(26-23)21-6-4-3-5-7-21/h8-11,19,21-22H,3-7,12-17H2,1-2H3. The lowest BCUT2D eigenvalue weighted by atomic mass is 9.78. The van der Waals surface area contributed by atoms with Crippen LogP contribution < -0.4 is 0 Å². The molecular formula is C24H35N5. The topological polar surface area (TPSA) is 37.2 Å². The van der Waals surface area contributed by atoms with Gasteiger partial charge in [-0.05, 0) is 64.3 Å². The molecule has 4 aliphatic rings. The van der Waals surface area contributed by atoms with Crippen LogP contribution in [-0.4, -0.2) is 58.3 Å². The summed E-state index contributed by atoms with van der Waals surface area (Å²) >= 11 is 0. The van der Waals surface area contributed by atoms with Crippen molar-refractivity contribution in [3.05, 3.63) is 35.7 Å². The SMILES string of the molecule is CN(C)Cc1ccc(-c2nc(C3CN4CCC3CC4)n(C3CCCCC3)n2)cc1. The van der Waals surface area contributed by atoms with Crippen molar-refractivity contribution in [3.63, 3.8) is 0 Å². The highest BCUT2D eigenvalue weighted by Gasteiger charge is 2.39. The molecule has 0 N–H and O–H groups in total. The average Bonchev–Trinajstić information content (AvgIpc) is 3.21. The monoisotopic (exact) mass is 393 g/mol. The minimum absolute atomic E-state index is 0.545. The van der Waals surface area contributed by atoms with Gasteiger partial charge in [0.05, 0.1) is 6.04 Å². The van der Waals surface area contributed by atoms with Crippen molar-refractivity contribution in [2.75, 3.05) is 33.7 Å². The maximum absolute atomic E-state index is 5.20. The highest BCUT2D eigenvalue weighted by atomic mass is 15.4. The summed E-state index contributed by atoms with van der Waals surface area (Å²) in [7, 11) is 4.23. The summed E-state index contributed by atoms with van der Waals surface area (Å²) in [5.41, 5.74) is 2.49. The Labute approximate surface area is 175 Å². The number of aromatic nitrogens is 3. The fourth-order valence-electron chi connectivity index (χ4n) is 5.69. The van der Waals surface area contributed by atoms with E-state index in [1.54, 1.807) is 0 Å². The molecule has 3 saturated heterocycles. The maximum atomic E-state index is 5.20. The van der Waals surface area contributed by atoms with Crippen LogP contribution in [0.2, 0.25) is 0 Å². The minimum atomic E-state index is 0.545. The van der Waals surface area contributed by atoms with Crippen LogP contribution in [0.4, 0.5) is 0 Å². The molecule has 0 spiro atoms. The van der Waals surface area contributed by atoms with Crippen LogP contribution in [0.5, 0.6) is 0 Å². The molecule has 4 fully saturated rings. The first-order valence-electron chi connectivity index (χ1n) is 11.6. The summed E-state index contributed by atoms with van der Waals surface area (Å²) in [5, 5.41) is 5.13. The summed E-state index contributed by atoms with van der Waals surface area (Å²) in [6.07, 6.45) is 9.23. The second-order valence-corrected chi connectivity index (χ2v) is 9.71. The van der Waals surface area contributed by atoms with Crippen molar-refractivity contribution in [2.24, 2.45) is 5.92 Å². The van der Waals surface area contributed by atoms with E-state index in [1.807, 2.05) is 0 Å². The van der Waals surface area contributed by atoms with Crippen molar-refractivity contribution in [1.82, 2.24) is 24.6 Å². The third-order valence-electron chi connectivity index (χ3n) is 7.28. The maximum Gasteiger partial charge on any atom is 0.181 e. The van der Waals surface area contributed by atoms with Crippen LogP contribution in [0.1, 0.15) is 68.3 Å². The first-order valence-corrected chi connectivity index (χ1v) is 11.6. The molecule has 1 unspecified atom stereocenters. The van der Waals surface area contributed by atoms with Crippen molar-refractivity contribution in [3.8, 4) is 11.4 Å². The summed E-state index contributed by atoms with van der Waals surface area (Å²) in [5.74, 6) is 3.56. The molecule has 156 valence electrons. The zero-order valence-corrected chi connectivity index (χ0v) is 18.1. The Hall–Kier alpha value is -1.72. The van der Waals surface area contributed by atoms with Crippen LogP contribution in [0, 0.1) is 5.92 Å². The molecule has 1 atom stereocenters. The Balaban J connectivity index is 1.47. The third-order valence-corrected chi connectivity index (χ3v) is 7.28. The summed E-state index contributed by atoms with van der Waals surface area (Å²) in [6.45, 7) is 4.70. The number of fused-ring (bicyclic) bond motifs is 3. The molecule has 5 nitrogen and oxygen atoms in total. The van der Waals surface area contributed by atoms with E-state index in [0.717, 1.165) is 23.9 Å². The summed E-state index contributed by atoms with van der Waals surface area (Å²) in [6, 6.07) is 9.41. The molecule has 5 heteroatoms. The van der Waals surface area contributed by atoms with Crippen LogP contribution in [0.15, 0.2) is 24.3 Å². The number of piperidine rings is 3. The molecule has 2 aromatic rings. The van der Waals surface area contributed by atoms with E-state index in [9.17, 15) is 0 Å². The zero-order valence-electron chi connectivity index (χ0n) is 18.1. The smallest absolute Gasteiger partial charge is 0.181 e. The average molecular weight is 394 g/mol. The Morgan fingerprint density at radius 2 is 1.69 bits per heavy atom. The van der Waals surface area contributed by atoms with Crippen molar-refractivity contribution in [1.29, 1.82) is 0 Å². The Kier molecular flexibility index (Phi) is 5.44. The third kappa shape index (κ3) is 3.99. The number of benzene rings is 1. The first kappa shape index (κ1) is 19.3.